The second-order valence-corrected chi connectivity index (χ2v) is 20.2. The highest BCUT2D eigenvalue weighted by Gasteiger charge is 2.23. The van der Waals surface area contributed by atoms with E-state index in [1.807, 2.05) is 30.5 Å². The Bertz CT molecular complexity index is 5030. The summed E-state index contributed by atoms with van der Waals surface area (Å²) in [5.74, 6) is 0. The molecule has 5 heterocycles. The molecule has 0 aliphatic rings. The summed E-state index contributed by atoms with van der Waals surface area (Å²) in [5.41, 5.74) is 19.6. The predicted octanol–water partition coefficient (Wildman–Crippen LogP) is 18.3. The highest BCUT2D eigenvalue weighted by molar-refractivity contribution is 6.14. The lowest BCUT2D eigenvalue weighted by atomic mass is 10.0. The number of fused-ring (bicyclic) bond motifs is 12. The van der Waals surface area contributed by atoms with E-state index >= 15 is 0 Å². The fraction of sp³-hybridized carbons (Fsp3) is 0. The Hall–Kier alpha value is -10.7. The van der Waals surface area contributed by atoms with Crippen molar-refractivity contribution in [3.8, 4) is 62.3 Å². The van der Waals surface area contributed by atoms with Gasteiger partial charge in [0.2, 0.25) is 0 Å². The van der Waals surface area contributed by atoms with E-state index in [2.05, 4.69) is 261 Å². The van der Waals surface area contributed by atoms with Crippen LogP contribution in [0.3, 0.4) is 0 Å². The summed E-state index contributed by atoms with van der Waals surface area (Å²) in [6, 6.07) is 96.1. The number of para-hydroxylation sites is 6. The summed E-state index contributed by atoms with van der Waals surface area (Å²) in [5, 5.41) is 20.7. The quantitative estimate of drug-likeness (QED) is 0.160. The number of pyridine rings is 1. The molecule has 78 heavy (non-hydrogen) atoms. The molecule has 0 spiro atoms. The molecule has 362 valence electrons. The van der Waals surface area contributed by atoms with Crippen molar-refractivity contribution < 1.29 is 0 Å². The van der Waals surface area contributed by atoms with Crippen LogP contribution in [-0.4, -0.2) is 23.3 Å². The van der Waals surface area contributed by atoms with E-state index in [-0.39, 0.29) is 0 Å². The average molecular weight is 993 g/mol. The molecule has 0 N–H and O–H groups in total. The van der Waals surface area contributed by atoms with Gasteiger partial charge in [-0.1, -0.05) is 152 Å². The molecular formula is C72H44N6. The molecule has 11 aromatic carbocycles. The summed E-state index contributed by atoms with van der Waals surface area (Å²) in [6.07, 6.45) is 1.83. The minimum atomic E-state index is 0.555. The second-order valence-electron chi connectivity index (χ2n) is 20.2. The topological polar surface area (TPSA) is 56.4 Å². The van der Waals surface area contributed by atoms with Crippen LogP contribution in [0.4, 0.5) is 0 Å². The minimum absolute atomic E-state index is 0.555. The third-order valence-corrected chi connectivity index (χ3v) is 16.1. The first kappa shape index (κ1) is 43.6. The fourth-order valence-electron chi connectivity index (χ4n) is 12.6. The molecule has 16 rings (SSSR count). The van der Waals surface area contributed by atoms with Crippen LogP contribution in [0.25, 0.3) is 143 Å². The summed E-state index contributed by atoms with van der Waals surface area (Å²) < 4.78 is 9.36. The van der Waals surface area contributed by atoms with Crippen molar-refractivity contribution in [2.24, 2.45) is 0 Å². The van der Waals surface area contributed by atoms with Crippen LogP contribution < -0.4 is 0 Å². The van der Waals surface area contributed by atoms with Crippen molar-refractivity contribution in [1.29, 1.82) is 5.26 Å². The van der Waals surface area contributed by atoms with E-state index in [1.54, 1.807) is 0 Å². The Morgan fingerprint density at radius 2 is 0.628 bits per heavy atom. The molecule has 6 nitrogen and oxygen atoms in total. The Labute approximate surface area is 448 Å². The maximum atomic E-state index is 11.2. The van der Waals surface area contributed by atoms with E-state index in [9.17, 15) is 5.26 Å². The Balaban J connectivity index is 0.838. The van der Waals surface area contributed by atoms with Crippen molar-refractivity contribution in [2.75, 3.05) is 0 Å². The van der Waals surface area contributed by atoms with Gasteiger partial charge in [-0.25, -0.2) is 0 Å². The SMILES string of the molecule is N#Cc1cc(-c2ccccn2)c(-n2c3ccccc3c3cc(-c4ccc(-n5c6ccccc6c6ccccc65)cc4)ccc32)cc1-n1c2ccccc2c2cc(-c3ccc(-n4c5ccccc5c5ccccc54)cc3)ccc21. The Morgan fingerprint density at radius 3 is 1.03 bits per heavy atom. The molecule has 0 aliphatic heterocycles. The number of nitriles is 1. The maximum absolute atomic E-state index is 11.2. The van der Waals surface area contributed by atoms with E-state index in [1.165, 1.54) is 43.6 Å². The van der Waals surface area contributed by atoms with Crippen LogP contribution in [0.1, 0.15) is 5.56 Å². The van der Waals surface area contributed by atoms with Gasteiger partial charge in [0, 0.05) is 66.2 Å². The smallest absolute Gasteiger partial charge is 0.101 e. The highest BCUT2D eigenvalue weighted by atomic mass is 15.0. The van der Waals surface area contributed by atoms with Crippen molar-refractivity contribution in [3.63, 3.8) is 0 Å². The maximum Gasteiger partial charge on any atom is 0.101 e. The summed E-state index contributed by atoms with van der Waals surface area (Å²) >= 11 is 0. The van der Waals surface area contributed by atoms with Gasteiger partial charge in [-0.05, 0) is 131 Å². The monoisotopic (exact) mass is 992 g/mol. The summed E-state index contributed by atoms with van der Waals surface area (Å²) in [6.45, 7) is 0. The number of hydrogen-bond donors (Lipinski definition) is 0. The molecule has 0 saturated heterocycles. The van der Waals surface area contributed by atoms with Crippen molar-refractivity contribution in [3.05, 3.63) is 273 Å². The van der Waals surface area contributed by atoms with E-state index in [4.69, 9.17) is 4.98 Å². The number of hydrogen-bond acceptors (Lipinski definition) is 2. The first-order valence-electron chi connectivity index (χ1n) is 26.4. The first-order valence-corrected chi connectivity index (χ1v) is 26.4. The van der Waals surface area contributed by atoms with Gasteiger partial charge >= 0.3 is 0 Å². The lowest BCUT2D eigenvalue weighted by Crippen LogP contribution is -2.04. The predicted molar refractivity (Wildman–Crippen MR) is 323 cm³/mol. The van der Waals surface area contributed by atoms with Crippen molar-refractivity contribution in [1.82, 2.24) is 23.3 Å². The molecule has 0 unspecified atom stereocenters. The van der Waals surface area contributed by atoms with Crippen molar-refractivity contribution in [2.45, 2.75) is 0 Å². The van der Waals surface area contributed by atoms with Gasteiger partial charge < -0.3 is 18.3 Å². The molecule has 16 aromatic rings. The van der Waals surface area contributed by atoms with Gasteiger partial charge in [0.1, 0.15) is 6.07 Å². The van der Waals surface area contributed by atoms with Crippen molar-refractivity contribution >= 4 is 87.2 Å². The van der Waals surface area contributed by atoms with E-state index in [0.717, 1.165) is 99.9 Å². The zero-order valence-electron chi connectivity index (χ0n) is 42.1. The average Bonchev–Trinajstić information content (AvgIpc) is 4.45. The zero-order valence-corrected chi connectivity index (χ0v) is 42.1. The third-order valence-electron chi connectivity index (χ3n) is 16.1. The lowest BCUT2D eigenvalue weighted by molar-refractivity contribution is 1.12. The van der Waals surface area contributed by atoms with E-state index < -0.39 is 0 Å². The normalized spacial score (nSPS) is 11.8. The lowest BCUT2D eigenvalue weighted by Gasteiger charge is -2.18. The molecule has 0 aliphatic carbocycles. The molecule has 0 bridgehead atoms. The molecular weight excluding hydrogens is 949 g/mol. The van der Waals surface area contributed by atoms with Gasteiger partial charge in [-0.15, -0.1) is 0 Å². The molecule has 0 amide bonds. The summed E-state index contributed by atoms with van der Waals surface area (Å²) in [4.78, 5) is 4.91. The second kappa shape index (κ2) is 17.2. The van der Waals surface area contributed by atoms with Gasteiger partial charge in [0.25, 0.3) is 0 Å². The molecule has 5 aromatic heterocycles. The van der Waals surface area contributed by atoms with Crippen LogP contribution >= 0.6 is 0 Å². The van der Waals surface area contributed by atoms with Gasteiger partial charge in [-0.3, -0.25) is 4.98 Å². The van der Waals surface area contributed by atoms with Gasteiger partial charge in [0.15, 0.2) is 0 Å². The largest absolute Gasteiger partial charge is 0.309 e. The van der Waals surface area contributed by atoms with Crippen LogP contribution in [-0.2, 0) is 0 Å². The highest BCUT2D eigenvalue weighted by Crippen LogP contribution is 2.43. The number of nitrogens with zero attached hydrogens (tertiary/aromatic N) is 6. The van der Waals surface area contributed by atoms with Crippen LogP contribution in [0.5, 0.6) is 0 Å². The molecule has 0 saturated carbocycles. The van der Waals surface area contributed by atoms with Crippen LogP contribution in [0, 0.1) is 11.3 Å². The molecule has 0 fully saturated rings. The summed E-state index contributed by atoms with van der Waals surface area (Å²) in [7, 11) is 0. The zero-order chi connectivity index (χ0) is 51.4. The number of rotatable bonds is 7. The fourth-order valence-corrected chi connectivity index (χ4v) is 12.6. The third kappa shape index (κ3) is 6.52. The first-order chi connectivity index (χ1) is 38.7. The number of aromatic nitrogens is 5. The van der Waals surface area contributed by atoms with E-state index in [0.29, 0.717) is 5.56 Å². The standard InChI is InChI=1S/C72H44N6/c73-45-50-43-61(62-21-13-14-40-74-62)72(78-68-27-12-6-20-58(68)60-42-49(33-39-70(60)78)47-30-36-52(37-31-47)76-65-24-9-3-17-55(65)56-18-4-10-25-66(56)76)44-71(50)77-67-26-11-5-19-57(67)59-41-48(32-38-69(59)77)46-28-34-51(35-29-46)75-63-22-7-1-15-53(63)54-16-2-8-23-64(54)75/h1-44H. The Morgan fingerprint density at radius 1 is 0.282 bits per heavy atom. The Kier molecular flexibility index (Phi) is 9.60. The number of benzene rings is 11. The molecule has 0 atom stereocenters. The van der Waals surface area contributed by atoms with Gasteiger partial charge in [0.05, 0.1) is 66.8 Å². The molecule has 6 heteroatoms. The van der Waals surface area contributed by atoms with Crippen LogP contribution in [0.2, 0.25) is 0 Å². The van der Waals surface area contributed by atoms with Crippen LogP contribution in [0.15, 0.2) is 267 Å². The van der Waals surface area contributed by atoms with Gasteiger partial charge in [-0.2, -0.15) is 5.26 Å². The molecule has 0 radical (unpaired) electrons. The minimum Gasteiger partial charge on any atom is -0.309 e.